The van der Waals surface area contributed by atoms with E-state index in [9.17, 15) is 9.59 Å². The van der Waals surface area contributed by atoms with Crippen LogP contribution in [0.15, 0.2) is 86.1 Å². The van der Waals surface area contributed by atoms with E-state index in [4.69, 9.17) is 20.8 Å². The Bertz CT molecular complexity index is 1720. The zero-order chi connectivity index (χ0) is 27.0. The van der Waals surface area contributed by atoms with E-state index < -0.39 is 12.0 Å². The lowest BCUT2D eigenvalue weighted by Crippen LogP contribution is -2.39. The van der Waals surface area contributed by atoms with Crippen LogP contribution in [-0.2, 0) is 9.53 Å². The fourth-order valence-electron chi connectivity index (χ4n) is 4.53. The molecule has 2 aromatic heterocycles. The van der Waals surface area contributed by atoms with Crippen molar-refractivity contribution in [3.63, 3.8) is 0 Å². The first kappa shape index (κ1) is 25.9. The molecule has 0 saturated carbocycles. The minimum atomic E-state index is -0.646. The molecule has 0 radical (unpaired) electrons. The van der Waals surface area contributed by atoms with E-state index in [0.717, 1.165) is 11.1 Å². The number of carbonyl (C=O) groups excluding carboxylic acids is 1. The Kier molecular flexibility index (Phi) is 7.23. The Balaban J connectivity index is 1.63. The second kappa shape index (κ2) is 10.6. The number of esters is 1. The van der Waals surface area contributed by atoms with E-state index in [0.29, 0.717) is 43.1 Å². The van der Waals surface area contributed by atoms with Crippen LogP contribution in [-0.4, -0.2) is 17.1 Å². The third-order valence-electron chi connectivity index (χ3n) is 6.45. The molecule has 0 aliphatic carbocycles. The van der Waals surface area contributed by atoms with Gasteiger partial charge in [0.2, 0.25) is 0 Å². The summed E-state index contributed by atoms with van der Waals surface area (Å²) in [7, 11) is 0. The van der Waals surface area contributed by atoms with Crippen molar-refractivity contribution in [3.05, 3.63) is 114 Å². The van der Waals surface area contributed by atoms with Crippen LogP contribution in [0.2, 0.25) is 5.02 Å². The average molecular weight is 547 g/mol. The van der Waals surface area contributed by atoms with Crippen LogP contribution in [0.3, 0.4) is 0 Å². The van der Waals surface area contributed by atoms with E-state index in [2.05, 4.69) is 18.8 Å². The Hall–Kier alpha value is -3.68. The highest BCUT2D eigenvalue weighted by Gasteiger charge is 2.33. The molecule has 0 amide bonds. The van der Waals surface area contributed by atoms with Crippen LogP contribution < -0.4 is 14.9 Å². The number of furan rings is 1. The highest BCUT2D eigenvalue weighted by atomic mass is 35.5. The summed E-state index contributed by atoms with van der Waals surface area (Å²) in [5.74, 6) is 1.07. The highest BCUT2D eigenvalue weighted by molar-refractivity contribution is 7.07. The van der Waals surface area contributed by atoms with E-state index in [-0.39, 0.29) is 12.2 Å². The quantitative estimate of drug-likeness (QED) is 0.285. The van der Waals surface area contributed by atoms with Gasteiger partial charge >= 0.3 is 5.97 Å². The number of carbonyl (C=O) groups is 1. The van der Waals surface area contributed by atoms with E-state index >= 15 is 0 Å². The molecule has 4 aromatic rings. The average Bonchev–Trinajstić information content (AvgIpc) is 3.48. The van der Waals surface area contributed by atoms with E-state index in [1.807, 2.05) is 54.6 Å². The lowest BCUT2D eigenvalue weighted by Gasteiger charge is -2.25. The highest BCUT2D eigenvalue weighted by Crippen LogP contribution is 2.31. The Morgan fingerprint density at radius 1 is 1.18 bits per heavy atom. The zero-order valence-corrected chi connectivity index (χ0v) is 23.1. The molecule has 0 spiro atoms. The predicted octanol–water partition coefficient (Wildman–Crippen LogP) is 5.84. The van der Waals surface area contributed by atoms with Gasteiger partial charge in [0.25, 0.3) is 5.56 Å². The van der Waals surface area contributed by atoms with Gasteiger partial charge in [-0.2, -0.15) is 0 Å². The molecule has 5 rings (SSSR count). The van der Waals surface area contributed by atoms with Crippen LogP contribution in [0, 0.1) is 0 Å². The molecule has 0 fully saturated rings. The number of hydrogen-bond donors (Lipinski definition) is 0. The monoisotopic (exact) mass is 546 g/mol. The van der Waals surface area contributed by atoms with Gasteiger partial charge in [0.1, 0.15) is 11.5 Å². The molecule has 194 valence electrons. The Labute approximate surface area is 229 Å². The SMILES string of the molecule is CCOC(=O)C1=C(C)N=c2s/c(=C\c3ccc(-c4cccc(Cl)c4)o3)c(=O)n2C1c1ccc(C(C)C)cc1. The lowest BCUT2D eigenvalue weighted by atomic mass is 9.93. The van der Waals surface area contributed by atoms with Crippen molar-refractivity contribution in [1.82, 2.24) is 4.57 Å². The van der Waals surface area contributed by atoms with Crippen molar-refractivity contribution in [2.45, 2.75) is 39.7 Å². The summed E-state index contributed by atoms with van der Waals surface area (Å²) < 4.78 is 13.4. The summed E-state index contributed by atoms with van der Waals surface area (Å²) in [5, 5.41) is 0.614. The van der Waals surface area contributed by atoms with Gasteiger partial charge in [0.15, 0.2) is 4.80 Å². The molecule has 0 bridgehead atoms. The van der Waals surface area contributed by atoms with Gasteiger partial charge in [-0.15, -0.1) is 0 Å². The summed E-state index contributed by atoms with van der Waals surface area (Å²) in [5.41, 5.74) is 3.49. The van der Waals surface area contributed by atoms with Gasteiger partial charge in [-0.05, 0) is 55.2 Å². The van der Waals surface area contributed by atoms with Crippen LogP contribution in [0.25, 0.3) is 17.4 Å². The molecule has 2 aromatic carbocycles. The maximum absolute atomic E-state index is 13.8. The number of hydrogen-bond acceptors (Lipinski definition) is 6. The fourth-order valence-corrected chi connectivity index (χ4v) is 5.74. The molecule has 1 unspecified atom stereocenters. The van der Waals surface area contributed by atoms with E-state index in [1.165, 1.54) is 16.9 Å². The molecule has 3 heterocycles. The third-order valence-corrected chi connectivity index (χ3v) is 7.66. The summed E-state index contributed by atoms with van der Waals surface area (Å²) in [6.45, 7) is 8.02. The van der Waals surface area contributed by atoms with Crippen molar-refractivity contribution in [1.29, 1.82) is 0 Å². The largest absolute Gasteiger partial charge is 0.463 e. The van der Waals surface area contributed by atoms with Crippen LogP contribution in [0.4, 0.5) is 0 Å². The van der Waals surface area contributed by atoms with Crippen LogP contribution in [0.1, 0.15) is 56.5 Å². The van der Waals surface area contributed by atoms with Gasteiger partial charge < -0.3 is 9.15 Å². The predicted molar refractivity (Wildman–Crippen MR) is 150 cm³/mol. The van der Waals surface area contributed by atoms with Crippen molar-refractivity contribution < 1.29 is 13.9 Å². The van der Waals surface area contributed by atoms with Gasteiger partial charge in [0.05, 0.1) is 28.5 Å². The standard InChI is InChI=1S/C30H27ClN2O4S/c1-5-36-29(35)26-18(4)32-30-33(27(26)20-11-9-19(10-12-20)17(2)3)28(34)25(38-30)16-23-13-14-24(37-23)21-7-6-8-22(31)15-21/h6-17,27H,5H2,1-4H3/b25-16-. The maximum atomic E-state index is 13.8. The number of ether oxygens (including phenoxy) is 1. The topological polar surface area (TPSA) is 73.8 Å². The third kappa shape index (κ3) is 4.91. The zero-order valence-electron chi connectivity index (χ0n) is 21.5. The lowest BCUT2D eigenvalue weighted by molar-refractivity contribution is -0.139. The number of nitrogens with zero attached hydrogens (tertiary/aromatic N) is 2. The molecular formula is C30H27ClN2O4S. The maximum Gasteiger partial charge on any atom is 0.338 e. The number of rotatable bonds is 6. The van der Waals surface area contributed by atoms with Crippen LogP contribution in [0.5, 0.6) is 0 Å². The minimum Gasteiger partial charge on any atom is -0.463 e. The number of halogens is 1. The normalized spacial score (nSPS) is 15.5. The van der Waals surface area contributed by atoms with Gasteiger partial charge in [-0.25, -0.2) is 9.79 Å². The van der Waals surface area contributed by atoms with Gasteiger partial charge in [-0.3, -0.25) is 9.36 Å². The first-order valence-electron chi connectivity index (χ1n) is 12.4. The Morgan fingerprint density at radius 3 is 2.63 bits per heavy atom. The number of fused-ring (bicyclic) bond motifs is 1. The first-order chi connectivity index (χ1) is 18.3. The number of aromatic nitrogens is 1. The summed E-state index contributed by atoms with van der Waals surface area (Å²) in [6, 6.07) is 18.4. The second-order valence-corrected chi connectivity index (χ2v) is 10.8. The van der Waals surface area contributed by atoms with Crippen molar-refractivity contribution >= 4 is 35.0 Å². The van der Waals surface area contributed by atoms with Crippen molar-refractivity contribution in [2.75, 3.05) is 6.61 Å². The van der Waals surface area contributed by atoms with Crippen molar-refractivity contribution in [2.24, 2.45) is 4.99 Å². The molecule has 1 atom stereocenters. The molecule has 0 saturated heterocycles. The molecule has 1 aliphatic heterocycles. The van der Waals surface area contributed by atoms with E-state index in [1.54, 1.807) is 30.6 Å². The van der Waals surface area contributed by atoms with Gasteiger partial charge in [-0.1, -0.05) is 73.2 Å². The molecule has 0 N–H and O–H groups in total. The number of benzene rings is 2. The molecule has 8 heteroatoms. The second-order valence-electron chi connectivity index (χ2n) is 9.34. The number of thiazole rings is 1. The van der Waals surface area contributed by atoms with Crippen LogP contribution >= 0.6 is 22.9 Å². The Morgan fingerprint density at radius 2 is 1.95 bits per heavy atom. The smallest absolute Gasteiger partial charge is 0.338 e. The number of allylic oxidation sites excluding steroid dienone is 1. The minimum absolute atomic E-state index is 0.229. The molecular weight excluding hydrogens is 520 g/mol. The molecule has 1 aliphatic rings. The van der Waals surface area contributed by atoms with Crippen molar-refractivity contribution in [3.8, 4) is 11.3 Å². The van der Waals surface area contributed by atoms with Gasteiger partial charge in [0, 0.05) is 16.7 Å². The first-order valence-corrected chi connectivity index (χ1v) is 13.6. The summed E-state index contributed by atoms with van der Waals surface area (Å²) in [6.07, 6.45) is 1.71. The molecule has 6 nitrogen and oxygen atoms in total. The molecule has 38 heavy (non-hydrogen) atoms. The fraction of sp³-hybridized carbons (Fsp3) is 0.233. The summed E-state index contributed by atoms with van der Waals surface area (Å²) >= 11 is 7.39. The summed E-state index contributed by atoms with van der Waals surface area (Å²) in [4.78, 5) is 32.0.